The maximum Gasteiger partial charge on any atom is 0.0914 e. The van der Waals surface area contributed by atoms with E-state index in [1.807, 2.05) is 19.1 Å². The predicted molar refractivity (Wildman–Crippen MR) is 43.4 cm³/mol. The lowest BCUT2D eigenvalue weighted by molar-refractivity contribution is 0.957. The van der Waals surface area contributed by atoms with Crippen molar-refractivity contribution in [1.29, 1.82) is 5.26 Å². The quantitative estimate of drug-likeness (QED) is 0.431. The first kappa shape index (κ1) is 8.97. The van der Waals surface area contributed by atoms with Gasteiger partial charge in [0.25, 0.3) is 0 Å². The monoisotopic (exact) mass is 135 g/mol. The first-order valence-electron chi connectivity index (χ1n) is 3.54. The Bertz CT molecular complexity index is 170. The lowest BCUT2D eigenvalue weighted by atomic mass is 10.2. The Hall–Kier alpha value is -1.03. The molecule has 1 nitrogen and oxygen atoms in total. The molecule has 0 heterocycles. The lowest BCUT2D eigenvalue weighted by Gasteiger charge is -1.85. The third-order valence-electron chi connectivity index (χ3n) is 1.13. The minimum absolute atomic E-state index is 1.02. The molecular formula is C9H13N. The molecule has 0 saturated carbocycles. The average Bonchev–Trinajstić information content (AvgIpc) is 1.89. The second-order valence-corrected chi connectivity index (χ2v) is 2.21. The highest BCUT2D eigenvalue weighted by atomic mass is 14.2. The molecule has 0 unspecified atom stereocenters. The van der Waals surface area contributed by atoms with E-state index >= 15 is 0 Å². The third kappa shape index (κ3) is 5.11. The Balaban J connectivity index is 3.68. The highest BCUT2D eigenvalue weighted by Crippen LogP contribution is 1.96. The van der Waals surface area contributed by atoms with Crippen molar-refractivity contribution in [2.24, 2.45) is 0 Å². The number of rotatable bonds is 3. The number of nitrogens with zero attached hydrogens (tertiary/aromatic N) is 1. The van der Waals surface area contributed by atoms with E-state index in [0.29, 0.717) is 0 Å². The van der Waals surface area contributed by atoms with E-state index < -0.39 is 0 Å². The van der Waals surface area contributed by atoms with Gasteiger partial charge in [-0.25, -0.2) is 0 Å². The molecule has 0 aromatic carbocycles. The molecule has 0 rings (SSSR count). The largest absolute Gasteiger partial charge is 0.193 e. The van der Waals surface area contributed by atoms with Gasteiger partial charge in [-0.3, -0.25) is 0 Å². The fraction of sp³-hybridized carbons (Fsp3) is 0.444. The van der Waals surface area contributed by atoms with Crippen LogP contribution in [0.1, 0.15) is 26.7 Å². The van der Waals surface area contributed by atoms with E-state index in [-0.39, 0.29) is 0 Å². The summed E-state index contributed by atoms with van der Waals surface area (Å²) in [6.45, 7) is 4.06. The van der Waals surface area contributed by atoms with Crippen molar-refractivity contribution in [2.75, 3.05) is 0 Å². The molecule has 1 heteroatoms. The molecule has 0 amide bonds. The van der Waals surface area contributed by atoms with Crippen molar-refractivity contribution in [3.8, 4) is 6.07 Å². The van der Waals surface area contributed by atoms with Gasteiger partial charge in [-0.05, 0) is 18.9 Å². The Kier molecular flexibility index (Phi) is 5.47. The summed E-state index contributed by atoms with van der Waals surface area (Å²) in [5, 5.41) is 8.23. The van der Waals surface area contributed by atoms with E-state index in [1.165, 1.54) is 0 Å². The maximum atomic E-state index is 8.23. The molecule has 0 aromatic rings. The second-order valence-electron chi connectivity index (χ2n) is 2.21. The van der Waals surface area contributed by atoms with Crippen LogP contribution in [0.4, 0.5) is 0 Å². The molecule has 0 aliphatic carbocycles. The van der Waals surface area contributed by atoms with Crippen molar-refractivity contribution < 1.29 is 0 Å². The molecule has 0 aliphatic heterocycles. The topological polar surface area (TPSA) is 23.8 Å². The van der Waals surface area contributed by atoms with Crippen LogP contribution in [-0.4, -0.2) is 0 Å². The van der Waals surface area contributed by atoms with Gasteiger partial charge in [0.15, 0.2) is 0 Å². The minimum atomic E-state index is 1.02. The SMILES string of the molecule is CCC/C=C\C(C)=C/C#N. The van der Waals surface area contributed by atoms with Crippen LogP contribution in [0.2, 0.25) is 0 Å². The first-order valence-corrected chi connectivity index (χ1v) is 3.54. The van der Waals surface area contributed by atoms with Gasteiger partial charge in [-0.1, -0.05) is 25.5 Å². The standard InChI is InChI=1S/C9H13N/c1-3-4-5-6-9(2)7-8-10/h5-7H,3-4H2,1-2H3/b6-5-,9-7-. The van der Waals surface area contributed by atoms with Crippen LogP contribution in [0, 0.1) is 11.3 Å². The molecule has 10 heavy (non-hydrogen) atoms. The maximum absolute atomic E-state index is 8.23. The van der Waals surface area contributed by atoms with E-state index in [4.69, 9.17) is 5.26 Å². The summed E-state index contributed by atoms with van der Waals surface area (Å²) in [4.78, 5) is 0. The van der Waals surface area contributed by atoms with Crippen LogP contribution in [0.15, 0.2) is 23.8 Å². The third-order valence-corrected chi connectivity index (χ3v) is 1.13. The molecule has 0 aromatic heterocycles. The van der Waals surface area contributed by atoms with Crippen molar-refractivity contribution in [1.82, 2.24) is 0 Å². The van der Waals surface area contributed by atoms with E-state index in [2.05, 4.69) is 13.0 Å². The van der Waals surface area contributed by atoms with Crippen molar-refractivity contribution >= 4 is 0 Å². The van der Waals surface area contributed by atoms with Crippen molar-refractivity contribution in [3.63, 3.8) is 0 Å². The van der Waals surface area contributed by atoms with Crippen molar-refractivity contribution in [3.05, 3.63) is 23.8 Å². The van der Waals surface area contributed by atoms with Gasteiger partial charge in [0, 0.05) is 6.08 Å². The predicted octanol–water partition coefficient (Wildman–Crippen LogP) is 2.81. The van der Waals surface area contributed by atoms with Gasteiger partial charge in [0.1, 0.15) is 0 Å². The summed E-state index contributed by atoms with van der Waals surface area (Å²) in [6.07, 6.45) is 7.87. The van der Waals surface area contributed by atoms with Crippen LogP contribution >= 0.6 is 0 Å². The number of hydrogen-bond donors (Lipinski definition) is 0. The Morgan fingerprint density at radius 1 is 1.60 bits per heavy atom. The van der Waals surface area contributed by atoms with Gasteiger partial charge >= 0.3 is 0 Å². The summed E-state index contributed by atoms with van der Waals surface area (Å²) in [7, 11) is 0. The van der Waals surface area contributed by atoms with E-state index in [0.717, 1.165) is 18.4 Å². The zero-order valence-electron chi connectivity index (χ0n) is 6.59. The van der Waals surface area contributed by atoms with Crippen LogP contribution in [0.5, 0.6) is 0 Å². The minimum Gasteiger partial charge on any atom is -0.193 e. The van der Waals surface area contributed by atoms with E-state index in [1.54, 1.807) is 6.08 Å². The molecule has 0 spiro atoms. The highest BCUT2D eigenvalue weighted by molar-refractivity contribution is 5.22. The van der Waals surface area contributed by atoms with Gasteiger partial charge in [-0.2, -0.15) is 5.26 Å². The Morgan fingerprint density at radius 2 is 2.30 bits per heavy atom. The normalized spacial score (nSPS) is 11.9. The van der Waals surface area contributed by atoms with Crippen LogP contribution in [-0.2, 0) is 0 Å². The fourth-order valence-corrected chi connectivity index (χ4v) is 0.586. The van der Waals surface area contributed by atoms with Gasteiger partial charge in [0.05, 0.1) is 6.07 Å². The van der Waals surface area contributed by atoms with E-state index in [9.17, 15) is 0 Å². The second kappa shape index (κ2) is 6.10. The smallest absolute Gasteiger partial charge is 0.0914 e. The number of allylic oxidation sites excluding steroid dienone is 4. The van der Waals surface area contributed by atoms with Crippen molar-refractivity contribution in [2.45, 2.75) is 26.7 Å². The molecule has 0 aliphatic rings. The van der Waals surface area contributed by atoms with Gasteiger partial charge in [-0.15, -0.1) is 0 Å². The zero-order valence-corrected chi connectivity index (χ0v) is 6.59. The zero-order chi connectivity index (χ0) is 7.82. The van der Waals surface area contributed by atoms with Gasteiger partial charge < -0.3 is 0 Å². The molecule has 0 saturated heterocycles. The number of hydrogen-bond acceptors (Lipinski definition) is 1. The number of nitriles is 1. The molecule has 0 N–H and O–H groups in total. The lowest BCUT2D eigenvalue weighted by Crippen LogP contribution is -1.66. The van der Waals surface area contributed by atoms with Gasteiger partial charge in [0.2, 0.25) is 0 Å². The summed E-state index contributed by atoms with van der Waals surface area (Å²) in [6, 6.07) is 1.98. The van der Waals surface area contributed by atoms with Crippen LogP contribution < -0.4 is 0 Å². The molecule has 0 fully saturated rings. The summed E-state index contributed by atoms with van der Waals surface area (Å²) in [5.41, 5.74) is 1.02. The fourth-order valence-electron chi connectivity index (χ4n) is 0.586. The van der Waals surface area contributed by atoms with Crippen LogP contribution in [0.3, 0.4) is 0 Å². The van der Waals surface area contributed by atoms with Crippen LogP contribution in [0.25, 0.3) is 0 Å². The Labute approximate surface area is 62.7 Å². The average molecular weight is 135 g/mol. The summed E-state index contributed by atoms with van der Waals surface area (Å²) in [5.74, 6) is 0. The molecule has 0 atom stereocenters. The molecular weight excluding hydrogens is 122 g/mol. The highest BCUT2D eigenvalue weighted by Gasteiger charge is 1.77. The molecule has 54 valence electrons. The first-order chi connectivity index (χ1) is 4.81. The number of unbranched alkanes of at least 4 members (excludes halogenated alkanes) is 1. The molecule has 0 bridgehead atoms. The summed E-state index contributed by atoms with van der Waals surface area (Å²) >= 11 is 0. The molecule has 0 radical (unpaired) electrons. The summed E-state index contributed by atoms with van der Waals surface area (Å²) < 4.78 is 0. The Morgan fingerprint density at radius 3 is 2.80 bits per heavy atom.